The van der Waals surface area contributed by atoms with Crippen molar-refractivity contribution in [1.82, 2.24) is 0 Å². The lowest BCUT2D eigenvalue weighted by atomic mass is 9.77. The van der Waals surface area contributed by atoms with E-state index in [1.165, 1.54) is 78.0 Å². The molecule has 11 rings (SSSR count). The molecule has 0 saturated carbocycles. The van der Waals surface area contributed by atoms with E-state index in [0.717, 1.165) is 66.0 Å². The largest absolute Gasteiger partial charge is 0.456 e. The number of benzene rings is 9. The number of fused-ring (bicyclic) bond motifs is 8. The average Bonchev–Trinajstić information content (AvgIpc) is 3.87. The van der Waals surface area contributed by atoms with Gasteiger partial charge in [0.05, 0.1) is 0 Å². The third-order valence-corrected chi connectivity index (χ3v) is 15.2. The van der Waals surface area contributed by atoms with Gasteiger partial charge in [0.1, 0.15) is 22.3 Å². The molecule has 0 aliphatic carbocycles. The second-order valence-corrected chi connectivity index (χ2v) is 23.3. The van der Waals surface area contributed by atoms with Crippen LogP contribution in [0.15, 0.2) is 154 Å². The van der Waals surface area contributed by atoms with Crippen molar-refractivity contribution in [3.63, 3.8) is 0 Å². The van der Waals surface area contributed by atoms with Gasteiger partial charge >= 0.3 is 0 Å². The van der Waals surface area contributed by atoms with E-state index in [-0.39, 0.29) is 10.8 Å². The van der Waals surface area contributed by atoms with E-state index in [2.05, 4.69) is 252 Å². The van der Waals surface area contributed by atoms with E-state index < -0.39 is 0 Å². The molecular formula is C68H68N2O2. The number of anilines is 6. The lowest BCUT2D eigenvalue weighted by Crippen LogP contribution is -2.16. The molecule has 2 heterocycles. The topological polar surface area (TPSA) is 32.8 Å². The maximum atomic E-state index is 7.33. The van der Waals surface area contributed by atoms with Crippen LogP contribution in [-0.2, 0) is 10.8 Å². The van der Waals surface area contributed by atoms with Crippen LogP contribution in [0.3, 0.4) is 0 Å². The minimum Gasteiger partial charge on any atom is -0.456 e. The SMILES string of the molecule is Cc1ccccc1N(c1ccc2cc3c(cc2c1)oc1c(C(C)(C)C)c2c(oc4cc5cc(N(c6ccccc6C)c6cc(C(C)C)ccc6C)ccc5cc42)c(C(C)(C)C)c13)c1cc(C(C)C)ccc1C. The molecule has 4 heteroatoms. The van der Waals surface area contributed by atoms with Crippen molar-refractivity contribution < 1.29 is 8.83 Å². The van der Waals surface area contributed by atoms with E-state index >= 15 is 0 Å². The summed E-state index contributed by atoms with van der Waals surface area (Å²) in [4.78, 5) is 4.87. The van der Waals surface area contributed by atoms with Gasteiger partial charge in [0.2, 0.25) is 0 Å². The first kappa shape index (κ1) is 47.0. The molecule has 0 bridgehead atoms. The Bertz CT molecular complexity index is 3700. The van der Waals surface area contributed by atoms with Crippen molar-refractivity contribution >= 4 is 99.5 Å². The number of aryl methyl sites for hydroxylation is 4. The molecule has 4 nitrogen and oxygen atoms in total. The number of furan rings is 2. The Kier molecular flexibility index (Phi) is 11.2. The van der Waals surface area contributed by atoms with Crippen LogP contribution in [0, 0.1) is 27.7 Å². The molecule has 9 aromatic carbocycles. The molecule has 0 atom stereocenters. The Balaban J connectivity index is 1.13. The van der Waals surface area contributed by atoms with Gasteiger partial charge in [-0.05, 0) is 178 Å². The van der Waals surface area contributed by atoms with Crippen LogP contribution in [0.1, 0.15) is 126 Å². The van der Waals surface area contributed by atoms with Crippen molar-refractivity contribution in [1.29, 1.82) is 0 Å². The number of rotatable bonds is 8. The summed E-state index contributed by atoms with van der Waals surface area (Å²) < 4.78 is 14.7. The summed E-state index contributed by atoms with van der Waals surface area (Å²) >= 11 is 0. The minimum absolute atomic E-state index is 0.282. The molecule has 0 spiro atoms. The molecule has 0 unspecified atom stereocenters. The molecule has 0 N–H and O–H groups in total. The Morgan fingerprint density at radius 2 is 0.750 bits per heavy atom. The monoisotopic (exact) mass is 945 g/mol. The van der Waals surface area contributed by atoms with Crippen molar-refractivity contribution in [2.45, 2.75) is 120 Å². The highest BCUT2D eigenvalue weighted by atomic mass is 16.3. The van der Waals surface area contributed by atoms with Gasteiger partial charge < -0.3 is 18.6 Å². The second kappa shape index (κ2) is 17.2. The van der Waals surface area contributed by atoms with E-state index in [1.807, 2.05) is 0 Å². The summed E-state index contributed by atoms with van der Waals surface area (Å²) in [5.41, 5.74) is 20.0. The van der Waals surface area contributed by atoms with E-state index in [4.69, 9.17) is 8.83 Å². The van der Waals surface area contributed by atoms with Crippen LogP contribution in [0.4, 0.5) is 34.1 Å². The van der Waals surface area contributed by atoms with Gasteiger partial charge in [-0.15, -0.1) is 0 Å². The van der Waals surface area contributed by atoms with Crippen molar-refractivity contribution in [2.24, 2.45) is 0 Å². The summed E-state index contributed by atoms with van der Waals surface area (Å²) in [5, 5.41) is 9.11. The summed E-state index contributed by atoms with van der Waals surface area (Å²) in [5.74, 6) is 0.822. The number of nitrogens with zero attached hydrogens (tertiary/aromatic N) is 2. The Morgan fingerprint density at radius 1 is 0.375 bits per heavy atom. The van der Waals surface area contributed by atoms with Crippen LogP contribution in [-0.4, -0.2) is 0 Å². The fourth-order valence-corrected chi connectivity index (χ4v) is 11.3. The molecule has 2 aromatic heterocycles. The quantitative estimate of drug-likeness (QED) is 0.152. The highest BCUT2D eigenvalue weighted by Gasteiger charge is 2.34. The third-order valence-electron chi connectivity index (χ3n) is 15.2. The van der Waals surface area contributed by atoms with Gasteiger partial charge in [-0.3, -0.25) is 0 Å². The first-order chi connectivity index (χ1) is 34.3. The van der Waals surface area contributed by atoms with Crippen LogP contribution in [0.5, 0.6) is 0 Å². The van der Waals surface area contributed by atoms with Gasteiger partial charge in [0.15, 0.2) is 0 Å². The predicted octanol–water partition coefficient (Wildman–Crippen LogP) is 20.8. The lowest BCUT2D eigenvalue weighted by Gasteiger charge is -2.29. The number of para-hydroxylation sites is 2. The molecule has 0 radical (unpaired) electrons. The standard InChI is InChI=1S/C68H68N2O2/c1-39(2)45-25-23-43(7)57(35-45)69(55-21-17-15-19-41(55)5)51-29-27-47-33-53-59(37-49(47)31-51)71-65-61(53)63(67(9,10)11)66-62(64(65)68(12,13)14)54-34-48-28-30-52(32-50(48)38-60(54)72-66)70(56-22-18-16-20-42(56)6)58-36-46(40(3)4)26-24-44(58)8/h15-40H,1-14H3. The fourth-order valence-electron chi connectivity index (χ4n) is 11.3. The van der Waals surface area contributed by atoms with Gasteiger partial charge in [0.25, 0.3) is 0 Å². The zero-order valence-electron chi connectivity index (χ0n) is 44.7. The Labute approximate surface area is 425 Å². The highest BCUT2D eigenvalue weighted by Crippen LogP contribution is 2.52. The zero-order valence-corrected chi connectivity index (χ0v) is 44.7. The summed E-state index contributed by atoms with van der Waals surface area (Å²) in [6.45, 7) is 31.8. The Hall–Kier alpha value is -7.30. The van der Waals surface area contributed by atoms with Crippen LogP contribution >= 0.6 is 0 Å². The minimum atomic E-state index is -0.282. The molecule has 11 aromatic rings. The first-order valence-electron chi connectivity index (χ1n) is 26.0. The number of hydrogen-bond acceptors (Lipinski definition) is 4. The molecular weight excluding hydrogens is 877 g/mol. The van der Waals surface area contributed by atoms with E-state index in [0.29, 0.717) is 11.8 Å². The third kappa shape index (κ3) is 7.82. The van der Waals surface area contributed by atoms with Crippen LogP contribution in [0.2, 0.25) is 0 Å². The fraction of sp³-hybridized carbons (Fsp3) is 0.265. The highest BCUT2D eigenvalue weighted by molar-refractivity contribution is 6.23. The van der Waals surface area contributed by atoms with Gasteiger partial charge in [-0.25, -0.2) is 0 Å². The van der Waals surface area contributed by atoms with Crippen molar-refractivity contribution in [3.8, 4) is 0 Å². The summed E-state index contributed by atoms with van der Waals surface area (Å²) in [6, 6.07) is 54.3. The van der Waals surface area contributed by atoms with E-state index in [1.54, 1.807) is 0 Å². The molecule has 0 fully saturated rings. The van der Waals surface area contributed by atoms with Crippen molar-refractivity contribution in [2.75, 3.05) is 9.80 Å². The van der Waals surface area contributed by atoms with Crippen molar-refractivity contribution in [3.05, 3.63) is 190 Å². The maximum absolute atomic E-state index is 7.33. The first-order valence-corrected chi connectivity index (χ1v) is 26.0. The normalized spacial score (nSPS) is 12.6. The Morgan fingerprint density at radius 3 is 1.11 bits per heavy atom. The van der Waals surface area contributed by atoms with Gasteiger partial charge in [-0.2, -0.15) is 0 Å². The average molecular weight is 945 g/mol. The smallest absolute Gasteiger partial charge is 0.140 e. The van der Waals surface area contributed by atoms with Crippen LogP contribution in [0.25, 0.3) is 65.4 Å². The van der Waals surface area contributed by atoms with Crippen LogP contribution < -0.4 is 9.80 Å². The second-order valence-electron chi connectivity index (χ2n) is 23.3. The molecule has 0 saturated heterocycles. The molecule has 0 aliphatic rings. The molecule has 72 heavy (non-hydrogen) atoms. The van der Waals surface area contributed by atoms with E-state index in [9.17, 15) is 0 Å². The molecule has 362 valence electrons. The van der Waals surface area contributed by atoms with Gasteiger partial charge in [-0.1, -0.05) is 142 Å². The zero-order chi connectivity index (χ0) is 50.7. The van der Waals surface area contributed by atoms with Gasteiger partial charge in [0, 0.05) is 66.8 Å². The molecule has 0 aliphatic heterocycles. The summed E-state index contributed by atoms with van der Waals surface area (Å²) in [7, 11) is 0. The predicted molar refractivity (Wildman–Crippen MR) is 310 cm³/mol. The lowest BCUT2D eigenvalue weighted by molar-refractivity contribution is 0.564. The number of hydrogen-bond donors (Lipinski definition) is 0. The summed E-state index contributed by atoms with van der Waals surface area (Å²) in [6.07, 6.45) is 0. The maximum Gasteiger partial charge on any atom is 0.140 e. The molecule has 0 amide bonds.